The second-order valence-corrected chi connectivity index (χ2v) is 4.76. The molecule has 1 aromatic heterocycles. The quantitative estimate of drug-likeness (QED) is 0.868. The lowest BCUT2D eigenvalue weighted by Crippen LogP contribution is -2.05. The van der Waals surface area contributed by atoms with Crippen LogP contribution in [0.15, 0.2) is 36.4 Å². The van der Waals surface area contributed by atoms with Gasteiger partial charge in [-0.2, -0.15) is 5.26 Å². The van der Waals surface area contributed by atoms with Crippen LogP contribution in [-0.2, 0) is 4.74 Å². The maximum absolute atomic E-state index is 11.8. The molecule has 0 aliphatic rings. The standard InChI is InChI=1S/C14H12N2O2S/c1-16-11-9-12(10-5-3-2-4-6-10)19-13(11)14(17)18-8-7-15/h2-6,9,16H,8H2,1H3. The predicted molar refractivity (Wildman–Crippen MR) is 75.2 cm³/mol. The summed E-state index contributed by atoms with van der Waals surface area (Å²) in [6, 6.07) is 13.5. The van der Waals surface area contributed by atoms with Gasteiger partial charge in [-0.3, -0.25) is 0 Å². The van der Waals surface area contributed by atoms with E-state index < -0.39 is 5.97 Å². The lowest BCUT2D eigenvalue weighted by molar-refractivity contribution is 0.0561. The number of ether oxygens (including phenoxy) is 1. The third-order valence-corrected chi connectivity index (χ3v) is 3.68. The summed E-state index contributed by atoms with van der Waals surface area (Å²) in [7, 11) is 1.75. The van der Waals surface area contributed by atoms with E-state index in [1.165, 1.54) is 11.3 Å². The maximum Gasteiger partial charge on any atom is 0.351 e. The van der Waals surface area contributed by atoms with Gasteiger partial charge in [0.1, 0.15) is 10.9 Å². The van der Waals surface area contributed by atoms with Gasteiger partial charge in [0.2, 0.25) is 0 Å². The molecule has 2 rings (SSSR count). The minimum atomic E-state index is -0.474. The van der Waals surface area contributed by atoms with E-state index >= 15 is 0 Å². The van der Waals surface area contributed by atoms with Crippen LogP contribution in [0, 0.1) is 11.3 Å². The van der Waals surface area contributed by atoms with Crippen LogP contribution in [0.5, 0.6) is 0 Å². The number of nitriles is 1. The second-order valence-electron chi connectivity index (χ2n) is 3.70. The van der Waals surface area contributed by atoms with Crippen LogP contribution in [0.3, 0.4) is 0 Å². The molecule has 19 heavy (non-hydrogen) atoms. The van der Waals surface area contributed by atoms with Gasteiger partial charge < -0.3 is 10.1 Å². The monoisotopic (exact) mass is 272 g/mol. The summed E-state index contributed by atoms with van der Waals surface area (Å²) in [6.07, 6.45) is 0. The Kier molecular flexibility index (Phi) is 4.16. The molecule has 1 N–H and O–H groups in total. The Morgan fingerprint density at radius 1 is 1.42 bits per heavy atom. The second kappa shape index (κ2) is 6.03. The fourth-order valence-corrected chi connectivity index (χ4v) is 2.70. The average Bonchev–Trinajstić information content (AvgIpc) is 2.90. The first kappa shape index (κ1) is 13.1. The molecule has 0 aliphatic heterocycles. The lowest BCUT2D eigenvalue weighted by Gasteiger charge is -2.00. The molecule has 0 spiro atoms. The number of anilines is 1. The normalized spacial score (nSPS) is 9.68. The summed E-state index contributed by atoms with van der Waals surface area (Å²) in [5.74, 6) is -0.474. The molecule has 0 saturated heterocycles. The Labute approximate surface area is 115 Å². The molecule has 5 heteroatoms. The largest absolute Gasteiger partial charge is 0.446 e. The molecule has 0 saturated carbocycles. The van der Waals surface area contributed by atoms with Crippen LogP contribution < -0.4 is 5.32 Å². The zero-order valence-electron chi connectivity index (χ0n) is 10.3. The van der Waals surface area contributed by atoms with Crippen LogP contribution in [0.1, 0.15) is 9.67 Å². The Hall–Kier alpha value is -2.32. The van der Waals surface area contributed by atoms with Gasteiger partial charge in [-0.25, -0.2) is 4.79 Å². The van der Waals surface area contributed by atoms with Crippen molar-refractivity contribution >= 4 is 23.0 Å². The Bertz CT molecular complexity index is 614. The number of carbonyl (C=O) groups is 1. The number of rotatable bonds is 4. The van der Waals surface area contributed by atoms with E-state index in [9.17, 15) is 4.79 Å². The Morgan fingerprint density at radius 2 is 2.16 bits per heavy atom. The molecule has 0 aliphatic carbocycles. The van der Waals surface area contributed by atoms with Crippen molar-refractivity contribution in [3.63, 3.8) is 0 Å². The zero-order chi connectivity index (χ0) is 13.7. The highest BCUT2D eigenvalue weighted by Crippen LogP contribution is 2.34. The van der Waals surface area contributed by atoms with Crippen molar-refractivity contribution in [2.24, 2.45) is 0 Å². The molecule has 2 aromatic rings. The Balaban J connectivity index is 2.33. The van der Waals surface area contributed by atoms with Gasteiger partial charge in [0.15, 0.2) is 6.61 Å². The van der Waals surface area contributed by atoms with E-state index in [1.807, 2.05) is 36.4 Å². The number of hydrogen-bond acceptors (Lipinski definition) is 5. The summed E-state index contributed by atoms with van der Waals surface area (Å²) in [5, 5.41) is 11.4. The number of benzene rings is 1. The van der Waals surface area contributed by atoms with Crippen LogP contribution in [0.25, 0.3) is 10.4 Å². The first-order valence-corrected chi connectivity index (χ1v) is 6.49. The van der Waals surface area contributed by atoms with Crippen molar-refractivity contribution in [2.75, 3.05) is 19.0 Å². The van der Waals surface area contributed by atoms with Crippen molar-refractivity contribution in [3.8, 4) is 16.5 Å². The van der Waals surface area contributed by atoms with Gasteiger partial charge >= 0.3 is 5.97 Å². The molecule has 0 fully saturated rings. The molecule has 96 valence electrons. The minimum absolute atomic E-state index is 0.236. The molecule has 0 bridgehead atoms. The van der Waals surface area contributed by atoms with Crippen molar-refractivity contribution in [1.29, 1.82) is 5.26 Å². The van der Waals surface area contributed by atoms with Crippen molar-refractivity contribution in [3.05, 3.63) is 41.3 Å². The number of hydrogen-bond donors (Lipinski definition) is 1. The SMILES string of the molecule is CNc1cc(-c2ccccc2)sc1C(=O)OCC#N. The van der Waals surface area contributed by atoms with Gasteiger partial charge in [0, 0.05) is 11.9 Å². The Morgan fingerprint density at radius 3 is 2.79 bits per heavy atom. The number of carbonyl (C=O) groups excluding carboxylic acids is 1. The third-order valence-electron chi connectivity index (χ3n) is 2.51. The lowest BCUT2D eigenvalue weighted by atomic mass is 10.2. The minimum Gasteiger partial charge on any atom is -0.446 e. The third kappa shape index (κ3) is 2.92. The van der Waals surface area contributed by atoms with Crippen LogP contribution in [0.4, 0.5) is 5.69 Å². The molecule has 1 aromatic carbocycles. The predicted octanol–water partition coefficient (Wildman–Crippen LogP) is 3.14. The smallest absolute Gasteiger partial charge is 0.351 e. The number of nitrogens with one attached hydrogen (secondary N) is 1. The average molecular weight is 272 g/mol. The van der Waals surface area contributed by atoms with E-state index in [2.05, 4.69) is 5.32 Å². The van der Waals surface area contributed by atoms with Crippen LogP contribution in [0.2, 0.25) is 0 Å². The molecule has 1 heterocycles. The summed E-state index contributed by atoms with van der Waals surface area (Å²) in [5.41, 5.74) is 1.76. The maximum atomic E-state index is 11.8. The summed E-state index contributed by atoms with van der Waals surface area (Å²) < 4.78 is 4.84. The molecular formula is C14H12N2O2S. The fraction of sp³-hybridized carbons (Fsp3) is 0.143. The van der Waals surface area contributed by atoms with Gasteiger partial charge in [0.05, 0.1) is 5.69 Å². The van der Waals surface area contributed by atoms with Crippen molar-refractivity contribution < 1.29 is 9.53 Å². The van der Waals surface area contributed by atoms with Gasteiger partial charge in [-0.15, -0.1) is 11.3 Å². The van der Waals surface area contributed by atoms with Crippen molar-refractivity contribution in [2.45, 2.75) is 0 Å². The fourth-order valence-electron chi connectivity index (χ4n) is 1.64. The van der Waals surface area contributed by atoms with Gasteiger partial charge in [0.25, 0.3) is 0 Å². The van der Waals surface area contributed by atoms with E-state index in [1.54, 1.807) is 13.1 Å². The van der Waals surface area contributed by atoms with Gasteiger partial charge in [-0.05, 0) is 11.6 Å². The number of thiophene rings is 1. The van der Waals surface area contributed by atoms with E-state index in [-0.39, 0.29) is 6.61 Å². The van der Waals surface area contributed by atoms with Crippen LogP contribution in [-0.4, -0.2) is 19.6 Å². The molecule has 0 unspecified atom stereocenters. The zero-order valence-corrected chi connectivity index (χ0v) is 11.2. The van der Waals surface area contributed by atoms with Crippen LogP contribution >= 0.6 is 11.3 Å². The molecule has 0 radical (unpaired) electrons. The molecule has 0 amide bonds. The first-order chi connectivity index (χ1) is 9.26. The summed E-state index contributed by atoms with van der Waals surface area (Å²) in [4.78, 5) is 13.3. The topological polar surface area (TPSA) is 62.1 Å². The van der Waals surface area contributed by atoms with E-state index in [4.69, 9.17) is 10.00 Å². The molecule has 4 nitrogen and oxygen atoms in total. The highest BCUT2D eigenvalue weighted by atomic mass is 32.1. The van der Waals surface area contributed by atoms with E-state index in [0.29, 0.717) is 10.6 Å². The number of esters is 1. The molecule has 0 atom stereocenters. The summed E-state index contributed by atoms with van der Waals surface area (Å²) in [6.45, 7) is -0.236. The van der Waals surface area contributed by atoms with Gasteiger partial charge in [-0.1, -0.05) is 30.3 Å². The molecular weight excluding hydrogens is 260 g/mol. The number of nitrogens with zero attached hydrogens (tertiary/aromatic N) is 1. The van der Waals surface area contributed by atoms with Crippen molar-refractivity contribution in [1.82, 2.24) is 0 Å². The first-order valence-electron chi connectivity index (χ1n) is 5.67. The summed E-state index contributed by atoms with van der Waals surface area (Å²) >= 11 is 1.35. The highest BCUT2D eigenvalue weighted by molar-refractivity contribution is 7.18. The highest BCUT2D eigenvalue weighted by Gasteiger charge is 2.17. The van der Waals surface area contributed by atoms with E-state index in [0.717, 1.165) is 10.4 Å².